The van der Waals surface area contributed by atoms with Gasteiger partial charge in [0.15, 0.2) is 0 Å². The van der Waals surface area contributed by atoms with E-state index in [1.165, 1.54) is 0 Å². The van der Waals surface area contributed by atoms with Gasteiger partial charge in [0, 0.05) is 10.8 Å². The SMILES string of the molecule is OCC1(CO)CCC(CO)(CO)C1. The van der Waals surface area contributed by atoms with Crippen molar-refractivity contribution in [3.63, 3.8) is 0 Å². The highest BCUT2D eigenvalue weighted by Gasteiger charge is 2.46. The number of aliphatic hydroxyl groups is 4. The molecule has 13 heavy (non-hydrogen) atoms. The summed E-state index contributed by atoms with van der Waals surface area (Å²) in [5.74, 6) is 0. The van der Waals surface area contributed by atoms with Crippen LogP contribution in [0.3, 0.4) is 0 Å². The molecule has 0 saturated heterocycles. The highest BCUT2D eigenvalue weighted by molar-refractivity contribution is 4.96. The lowest BCUT2D eigenvalue weighted by molar-refractivity contribution is 0.0149. The van der Waals surface area contributed by atoms with Crippen molar-refractivity contribution in [3.8, 4) is 0 Å². The van der Waals surface area contributed by atoms with E-state index in [1.807, 2.05) is 0 Å². The molecule has 4 nitrogen and oxygen atoms in total. The predicted octanol–water partition coefficient (Wildman–Crippen LogP) is -0.888. The topological polar surface area (TPSA) is 80.9 Å². The molecular weight excluding hydrogens is 172 g/mol. The van der Waals surface area contributed by atoms with E-state index in [1.54, 1.807) is 0 Å². The Morgan fingerprint density at radius 2 is 1.00 bits per heavy atom. The fourth-order valence-corrected chi connectivity index (χ4v) is 2.14. The van der Waals surface area contributed by atoms with E-state index in [4.69, 9.17) is 20.4 Å². The van der Waals surface area contributed by atoms with Crippen LogP contribution in [-0.4, -0.2) is 46.9 Å². The van der Waals surface area contributed by atoms with Crippen molar-refractivity contribution in [2.45, 2.75) is 19.3 Å². The zero-order chi connectivity index (χ0) is 9.95. The molecule has 0 aliphatic heterocycles. The van der Waals surface area contributed by atoms with E-state index in [0.717, 1.165) is 0 Å². The van der Waals surface area contributed by atoms with Gasteiger partial charge in [0.2, 0.25) is 0 Å². The van der Waals surface area contributed by atoms with E-state index in [0.29, 0.717) is 19.3 Å². The fourth-order valence-electron chi connectivity index (χ4n) is 2.14. The zero-order valence-corrected chi connectivity index (χ0v) is 7.74. The van der Waals surface area contributed by atoms with Gasteiger partial charge >= 0.3 is 0 Å². The van der Waals surface area contributed by atoms with Crippen molar-refractivity contribution in [2.75, 3.05) is 26.4 Å². The minimum absolute atomic E-state index is 0.0781. The van der Waals surface area contributed by atoms with Crippen LogP contribution >= 0.6 is 0 Å². The Morgan fingerprint density at radius 1 is 0.692 bits per heavy atom. The van der Waals surface area contributed by atoms with Crippen LogP contribution in [-0.2, 0) is 0 Å². The summed E-state index contributed by atoms with van der Waals surface area (Å²) < 4.78 is 0. The number of aliphatic hydroxyl groups excluding tert-OH is 4. The van der Waals surface area contributed by atoms with Crippen molar-refractivity contribution in [2.24, 2.45) is 10.8 Å². The molecule has 0 bridgehead atoms. The van der Waals surface area contributed by atoms with Gasteiger partial charge in [0.25, 0.3) is 0 Å². The maximum atomic E-state index is 9.12. The molecule has 4 heteroatoms. The molecule has 1 aliphatic carbocycles. The summed E-state index contributed by atoms with van der Waals surface area (Å²) in [5.41, 5.74) is -0.989. The minimum Gasteiger partial charge on any atom is -0.396 e. The molecule has 78 valence electrons. The van der Waals surface area contributed by atoms with Gasteiger partial charge in [-0.2, -0.15) is 0 Å². The molecule has 1 aliphatic rings. The summed E-state index contributed by atoms with van der Waals surface area (Å²) in [6.45, 7) is -0.312. The Bertz CT molecular complexity index is 143. The van der Waals surface area contributed by atoms with Gasteiger partial charge in [0.05, 0.1) is 26.4 Å². The van der Waals surface area contributed by atoms with E-state index < -0.39 is 10.8 Å². The third kappa shape index (κ3) is 1.86. The third-order valence-electron chi connectivity index (χ3n) is 3.28. The Balaban J connectivity index is 2.69. The quantitative estimate of drug-likeness (QED) is 0.464. The zero-order valence-electron chi connectivity index (χ0n) is 7.74. The van der Waals surface area contributed by atoms with Crippen LogP contribution in [0.5, 0.6) is 0 Å². The summed E-state index contributed by atoms with van der Waals surface area (Å²) in [4.78, 5) is 0. The molecular formula is C9H18O4. The molecule has 1 saturated carbocycles. The summed E-state index contributed by atoms with van der Waals surface area (Å²) in [6.07, 6.45) is 1.84. The van der Waals surface area contributed by atoms with E-state index >= 15 is 0 Å². The molecule has 0 amide bonds. The Hall–Kier alpha value is -0.160. The van der Waals surface area contributed by atoms with Crippen molar-refractivity contribution in [3.05, 3.63) is 0 Å². The average Bonchev–Trinajstić information content (AvgIpc) is 2.59. The predicted molar refractivity (Wildman–Crippen MR) is 47.1 cm³/mol. The van der Waals surface area contributed by atoms with E-state index in [9.17, 15) is 0 Å². The molecule has 1 fully saturated rings. The minimum atomic E-state index is -0.495. The van der Waals surface area contributed by atoms with Crippen LogP contribution in [0.2, 0.25) is 0 Å². The average molecular weight is 190 g/mol. The third-order valence-corrected chi connectivity index (χ3v) is 3.28. The van der Waals surface area contributed by atoms with Crippen LogP contribution in [0.15, 0.2) is 0 Å². The molecule has 0 aromatic carbocycles. The van der Waals surface area contributed by atoms with E-state index in [-0.39, 0.29) is 26.4 Å². The standard InChI is InChI=1S/C9H18O4/c10-4-8(5-11)1-2-9(3-8,6-12)7-13/h10-13H,1-7H2. The monoisotopic (exact) mass is 190 g/mol. The van der Waals surface area contributed by atoms with Crippen molar-refractivity contribution in [1.82, 2.24) is 0 Å². The molecule has 0 radical (unpaired) electrons. The maximum Gasteiger partial charge on any atom is 0.0509 e. The van der Waals surface area contributed by atoms with E-state index in [2.05, 4.69) is 0 Å². The van der Waals surface area contributed by atoms with Gasteiger partial charge < -0.3 is 20.4 Å². The largest absolute Gasteiger partial charge is 0.396 e. The first-order chi connectivity index (χ1) is 6.16. The second-order valence-electron chi connectivity index (χ2n) is 4.31. The lowest BCUT2D eigenvalue weighted by Gasteiger charge is -2.28. The van der Waals surface area contributed by atoms with Crippen LogP contribution in [0.1, 0.15) is 19.3 Å². The molecule has 0 aromatic heterocycles. The van der Waals surface area contributed by atoms with Crippen molar-refractivity contribution < 1.29 is 20.4 Å². The van der Waals surface area contributed by atoms with Gasteiger partial charge in [-0.15, -0.1) is 0 Å². The lowest BCUT2D eigenvalue weighted by atomic mass is 9.81. The number of hydrogen-bond acceptors (Lipinski definition) is 4. The summed E-state index contributed by atoms with van der Waals surface area (Å²) in [6, 6.07) is 0. The molecule has 0 atom stereocenters. The maximum absolute atomic E-state index is 9.12. The smallest absolute Gasteiger partial charge is 0.0509 e. The van der Waals surface area contributed by atoms with Gasteiger partial charge in [-0.05, 0) is 19.3 Å². The van der Waals surface area contributed by atoms with Gasteiger partial charge in [-0.1, -0.05) is 0 Å². The van der Waals surface area contributed by atoms with Crippen LogP contribution in [0.4, 0.5) is 0 Å². The molecule has 0 unspecified atom stereocenters. The van der Waals surface area contributed by atoms with Crippen LogP contribution in [0, 0.1) is 10.8 Å². The highest BCUT2D eigenvalue weighted by atomic mass is 16.3. The second kappa shape index (κ2) is 3.92. The van der Waals surface area contributed by atoms with Gasteiger partial charge in [0.1, 0.15) is 0 Å². The summed E-state index contributed by atoms with van der Waals surface area (Å²) >= 11 is 0. The van der Waals surface area contributed by atoms with Crippen LogP contribution < -0.4 is 0 Å². The van der Waals surface area contributed by atoms with Crippen LogP contribution in [0.25, 0.3) is 0 Å². The number of rotatable bonds is 4. The van der Waals surface area contributed by atoms with Crippen molar-refractivity contribution in [1.29, 1.82) is 0 Å². The number of hydrogen-bond donors (Lipinski definition) is 4. The highest BCUT2D eigenvalue weighted by Crippen LogP contribution is 2.48. The normalized spacial score (nSPS) is 24.9. The second-order valence-corrected chi connectivity index (χ2v) is 4.31. The first-order valence-corrected chi connectivity index (χ1v) is 4.59. The fraction of sp³-hybridized carbons (Fsp3) is 1.00. The van der Waals surface area contributed by atoms with Gasteiger partial charge in [-0.3, -0.25) is 0 Å². The molecule has 0 heterocycles. The first-order valence-electron chi connectivity index (χ1n) is 4.59. The summed E-state index contributed by atoms with van der Waals surface area (Å²) in [5, 5.41) is 36.5. The molecule has 1 rings (SSSR count). The first kappa shape index (κ1) is 10.9. The van der Waals surface area contributed by atoms with Crippen molar-refractivity contribution >= 4 is 0 Å². The molecule has 0 aromatic rings. The summed E-state index contributed by atoms with van der Waals surface area (Å²) in [7, 11) is 0. The molecule has 4 N–H and O–H groups in total. The Labute approximate surface area is 77.8 Å². The van der Waals surface area contributed by atoms with Gasteiger partial charge in [-0.25, -0.2) is 0 Å². The Kier molecular flexibility index (Phi) is 3.29. The molecule has 0 spiro atoms. The Morgan fingerprint density at radius 3 is 1.15 bits per heavy atom. The lowest BCUT2D eigenvalue weighted by Crippen LogP contribution is -2.32.